The van der Waals surface area contributed by atoms with Gasteiger partial charge >= 0.3 is 12.1 Å². The number of β-lactam (4-membered cyclic amide) rings is 1. The second-order valence-corrected chi connectivity index (χ2v) is 17.5. The van der Waals surface area contributed by atoms with Crippen molar-refractivity contribution >= 4 is 99.2 Å². The molecular weight excluding hydrogens is 693 g/mol. The first-order valence-electron chi connectivity index (χ1n) is 13.7. The van der Waals surface area contributed by atoms with E-state index in [9.17, 15) is 19.2 Å². The molecule has 17 heteroatoms. The van der Waals surface area contributed by atoms with E-state index in [1.807, 2.05) is 20.8 Å². The number of rotatable bonds is 11. The van der Waals surface area contributed by atoms with E-state index in [0.29, 0.717) is 21.7 Å². The van der Waals surface area contributed by atoms with Gasteiger partial charge in [0.05, 0.1) is 4.75 Å². The first kappa shape index (κ1) is 33.4. The van der Waals surface area contributed by atoms with Crippen molar-refractivity contribution in [2.24, 2.45) is 5.92 Å². The predicted octanol–water partition coefficient (Wildman–Crippen LogP) is 4.82. The standard InChI is InChI=1S/C27H30Cl3N5O6S3/c1-14(16-9-10-16)41-25(39)34(17-7-5-4-6-8-17)11-18(36)31-19-21(37)35-20(23(38)40-12-27(28,29)30)26(3,44-22(19)35)13-42-24-33-32-15(2)43-24/h4-8,14,16,19-20,22H,9-13H2,1-3H3,(H,31,36)/t14?,19?,20?,22-,26?/m0/s1. The van der Waals surface area contributed by atoms with Gasteiger partial charge in [0.25, 0.3) is 0 Å². The van der Waals surface area contributed by atoms with E-state index in [0.717, 1.165) is 17.8 Å². The lowest BCUT2D eigenvalue weighted by Gasteiger charge is -2.44. The molecule has 3 fully saturated rings. The Morgan fingerprint density at radius 1 is 1.23 bits per heavy atom. The van der Waals surface area contributed by atoms with Gasteiger partial charge in [-0.3, -0.25) is 14.5 Å². The molecule has 2 aromatic rings. The molecule has 3 aliphatic rings. The third-order valence-electron chi connectivity index (χ3n) is 7.40. The summed E-state index contributed by atoms with van der Waals surface area (Å²) in [5.41, 5.74) is 0.487. The third-order valence-corrected chi connectivity index (χ3v) is 11.9. The maximum Gasteiger partial charge on any atom is 0.415 e. The highest BCUT2D eigenvalue weighted by molar-refractivity contribution is 8.05. The Morgan fingerprint density at radius 3 is 2.55 bits per heavy atom. The molecule has 1 N–H and O–H groups in total. The zero-order valence-electron chi connectivity index (χ0n) is 23.9. The number of hydrogen-bond acceptors (Lipinski definition) is 11. The highest BCUT2D eigenvalue weighted by atomic mass is 35.6. The number of benzene rings is 1. The summed E-state index contributed by atoms with van der Waals surface area (Å²) in [4.78, 5) is 55.9. The number of nitrogens with zero attached hydrogens (tertiary/aromatic N) is 4. The summed E-state index contributed by atoms with van der Waals surface area (Å²) in [7, 11) is 0. The fourth-order valence-corrected chi connectivity index (χ4v) is 9.04. The second kappa shape index (κ2) is 13.4. The number of para-hydroxylation sites is 1. The van der Waals surface area contributed by atoms with E-state index in [2.05, 4.69) is 15.5 Å². The van der Waals surface area contributed by atoms with Crippen LogP contribution in [0.3, 0.4) is 0 Å². The Labute approximate surface area is 282 Å². The number of halogens is 3. The van der Waals surface area contributed by atoms with E-state index in [1.165, 1.54) is 44.7 Å². The van der Waals surface area contributed by atoms with Crippen LogP contribution in [0.1, 0.15) is 31.7 Å². The zero-order valence-corrected chi connectivity index (χ0v) is 28.6. The van der Waals surface area contributed by atoms with Gasteiger partial charge < -0.3 is 19.7 Å². The average Bonchev–Trinajstić information content (AvgIpc) is 3.69. The number of alkyl halides is 3. The van der Waals surface area contributed by atoms with Crippen LogP contribution in [0.5, 0.6) is 0 Å². The summed E-state index contributed by atoms with van der Waals surface area (Å²) in [6.07, 6.45) is 1.08. The Hall–Kier alpha value is -1.97. The molecule has 5 rings (SSSR count). The molecular formula is C27H30Cl3N5O6S3. The van der Waals surface area contributed by atoms with Gasteiger partial charge in [0.15, 0.2) is 4.34 Å². The van der Waals surface area contributed by atoms with Crippen LogP contribution >= 0.6 is 69.7 Å². The first-order chi connectivity index (χ1) is 20.8. The molecule has 1 aliphatic carbocycles. The van der Waals surface area contributed by atoms with Crippen LogP contribution in [-0.2, 0) is 23.9 Å². The van der Waals surface area contributed by atoms with Crippen molar-refractivity contribution in [3.05, 3.63) is 35.3 Å². The van der Waals surface area contributed by atoms with Crippen LogP contribution in [-0.4, -0.2) is 90.0 Å². The van der Waals surface area contributed by atoms with Gasteiger partial charge in [-0.2, -0.15) is 0 Å². The molecule has 5 atom stereocenters. The van der Waals surface area contributed by atoms with Crippen molar-refractivity contribution < 1.29 is 28.7 Å². The van der Waals surface area contributed by atoms with Crippen LogP contribution in [0.15, 0.2) is 34.7 Å². The summed E-state index contributed by atoms with van der Waals surface area (Å²) >= 11 is 21.6. The van der Waals surface area contributed by atoms with Crippen molar-refractivity contribution in [2.45, 2.75) is 70.1 Å². The molecule has 0 bridgehead atoms. The highest BCUT2D eigenvalue weighted by Crippen LogP contribution is 2.53. The Bertz CT molecular complexity index is 1410. The molecule has 1 aromatic heterocycles. The lowest BCUT2D eigenvalue weighted by Crippen LogP contribution is -2.71. The minimum absolute atomic E-state index is 0.272. The van der Waals surface area contributed by atoms with Crippen LogP contribution in [0.25, 0.3) is 0 Å². The SMILES string of the molecule is Cc1nnc(SCC2(C)S[C@H]3C(NC(=O)CN(C(=O)OC(C)C4CC4)c4ccccc4)C(=O)N3C2C(=O)OCC(Cl)(Cl)Cl)s1. The predicted molar refractivity (Wildman–Crippen MR) is 171 cm³/mol. The fourth-order valence-electron chi connectivity index (χ4n) is 5.02. The average molecular weight is 723 g/mol. The van der Waals surface area contributed by atoms with Crippen LogP contribution in [0.2, 0.25) is 0 Å². The highest BCUT2D eigenvalue weighted by Gasteiger charge is 2.66. The normalized spacial score (nSPS) is 25.1. The minimum Gasteiger partial charge on any atom is -0.460 e. The number of hydrogen-bond donors (Lipinski definition) is 1. The molecule has 2 aliphatic heterocycles. The fraction of sp³-hybridized carbons (Fsp3) is 0.556. The number of carbonyl (C=O) groups is 4. The first-order valence-corrected chi connectivity index (χ1v) is 17.6. The lowest BCUT2D eigenvalue weighted by molar-refractivity contribution is -0.164. The molecule has 4 unspecified atom stereocenters. The molecule has 3 heterocycles. The number of aromatic nitrogens is 2. The Balaban J connectivity index is 1.29. The van der Waals surface area contributed by atoms with Crippen molar-refractivity contribution in [3.63, 3.8) is 0 Å². The van der Waals surface area contributed by atoms with E-state index in [4.69, 9.17) is 44.3 Å². The summed E-state index contributed by atoms with van der Waals surface area (Å²) in [5, 5.41) is 11.2. The maximum atomic E-state index is 13.5. The van der Waals surface area contributed by atoms with Gasteiger partial charge in [-0.1, -0.05) is 76.1 Å². The van der Waals surface area contributed by atoms with Crippen LogP contribution < -0.4 is 10.2 Å². The monoisotopic (exact) mass is 721 g/mol. The van der Waals surface area contributed by atoms with Gasteiger partial charge in [-0.05, 0) is 51.7 Å². The smallest absolute Gasteiger partial charge is 0.415 e. The summed E-state index contributed by atoms with van der Waals surface area (Å²) in [6.45, 7) is 4.68. The summed E-state index contributed by atoms with van der Waals surface area (Å²) in [5.74, 6) is -1.02. The van der Waals surface area contributed by atoms with Gasteiger partial charge in [0.2, 0.25) is 15.6 Å². The van der Waals surface area contributed by atoms with Crippen molar-refractivity contribution in [1.82, 2.24) is 20.4 Å². The lowest BCUT2D eigenvalue weighted by atomic mass is 9.95. The van der Waals surface area contributed by atoms with E-state index < -0.39 is 56.5 Å². The third kappa shape index (κ3) is 7.69. The van der Waals surface area contributed by atoms with Crippen molar-refractivity contribution in [3.8, 4) is 0 Å². The molecule has 1 saturated carbocycles. The van der Waals surface area contributed by atoms with Gasteiger partial charge in [-0.25, -0.2) is 9.59 Å². The second-order valence-electron chi connectivity index (χ2n) is 11.0. The summed E-state index contributed by atoms with van der Waals surface area (Å²) < 4.78 is 9.01. The van der Waals surface area contributed by atoms with Crippen LogP contribution in [0, 0.1) is 12.8 Å². The Morgan fingerprint density at radius 2 is 1.93 bits per heavy atom. The number of carbonyl (C=O) groups excluding carboxylic acids is 4. The number of aryl methyl sites for hydroxylation is 1. The van der Waals surface area contributed by atoms with E-state index in [-0.39, 0.29) is 12.6 Å². The van der Waals surface area contributed by atoms with Gasteiger partial charge in [-0.15, -0.1) is 22.0 Å². The molecule has 0 radical (unpaired) electrons. The number of thioether (sulfide) groups is 2. The maximum absolute atomic E-state index is 13.5. The zero-order chi connectivity index (χ0) is 31.8. The largest absolute Gasteiger partial charge is 0.460 e. The van der Waals surface area contributed by atoms with Crippen molar-refractivity contribution in [2.75, 3.05) is 23.8 Å². The molecule has 0 spiro atoms. The van der Waals surface area contributed by atoms with Gasteiger partial charge in [0.1, 0.15) is 41.7 Å². The summed E-state index contributed by atoms with van der Waals surface area (Å²) in [6, 6.07) is 6.78. The quantitative estimate of drug-likeness (QED) is 0.149. The number of ether oxygens (including phenoxy) is 2. The molecule has 44 heavy (non-hydrogen) atoms. The van der Waals surface area contributed by atoms with E-state index in [1.54, 1.807) is 30.3 Å². The number of anilines is 1. The van der Waals surface area contributed by atoms with Gasteiger partial charge in [0, 0.05) is 11.4 Å². The molecule has 1 aromatic carbocycles. The molecule has 3 amide bonds. The molecule has 11 nitrogen and oxygen atoms in total. The van der Waals surface area contributed by atoms with Crippen LogP contribution in [0.4, 0.5) is 10.5 Å². The Kier molecular flexibility index (Phi) is 10.2. The molecule has 238 valence electrons. The molecule has 2 saturated heterocycles. The number of nitrogens with one attached hydrogen (secondary N) is 1. The topological polar surface area (TPSA) is 131 Å². The van der Waals surface area contributed by atoms with Crippen molar-refractivity contribution in [1.29, 1.82) is 0 Å². The minimum atomic E-state index is -1.83. The number of amides is 3. The van der Waals surface area contributed by atoms with E-state index >= 15 is 0 Å². The number of fused-ring (bicyclic) bond motifs is 1. The number of esters is 1.